The Labute approximate surface area is 269 Å². The molecule has 0 heterocycles. The maximum absolute atomic E-state index is 14.0. The Balaban J connectivity index is 1.35. The Morgan fingerprint density at radius 2 is 1.48 bits per heavy atom. The molecule has 240 valence electrons. The zero-order valence-electron chi connectivity index (χ0n) is 25.7. The van der Waals surface area contributed by atoms with Crippen LogP contribution >= 0.6 is 0 Å². The molecule has 1 aliphatic rings. The van der Waals surface area contributed by atoms with Crippen LogP contribution in [-0.2, 0) is 45.5 Å². The van der Waals surface area contributed by atoms with Gasteiger partial charge in [0.1, 0.15) is 17.6 Å². The van der Waals surface area contributed by atoms with Gasteiger partial charge in [0.05, 0.1) is 12.0 Å². The van der Waals surface area contributed by atoms with Gasteiger partial charge in [0.15, 0.2) is 0 Å². The SMILES string of the molecule is COc1ccc(CNC(=O)C(Cc2ccccc2)N(Cc2ccc(F)cc2)C(=O)CCc2ccc(S(=O)(=O)NC3CC3)cc2)cc1. The molecule has 1 unspecified atom stereocenters. The van der Waals surface area contributed by atoms with Crippen molar-refractivity contribution in [1.82, 2.24) is 14.9 Å². The number of nitrogens with zero attached hydrogens (tertiary/aromatic N) is 1. The Bertz CT molecular complexity index is 1710. The first-order chi connectivity index (χ1) is 22.2. The van der Waals surface area contributed by atoms with Gasteiger partial charge in [-0.05, 0) is 77.9 Å². The lowest BCUT2D eigenvalue weighted by Crippen LogP contribution is -2.50. The van der Waals surface area contributed by atoms with E-state index in [2.05, 4.69) is 10.0 Å². The Morgan fingerprint density at radius 3 is 2.11 bits per heavy atom. The molecule has 5 rings (SSSR count). The molecule has 2 N–H and O–H groups in total. The van der Waals surface area contributed by atoms with Crippen molar-refractivity contribution in [2.75, 3.05) is 7.11 Å². The smallest absolute Gasteiger partial charge is 0.243 e. The van der Waals surface area contributed by atoms with E-state index in [1.165, 1.54) is 12.1 Å². The second-order valence-electron chi connectivity index (χ2n) is 11.5. The minimum Gasteiger partial charge on any atom is -0.497 e. The predicted octanol–water partition coefficient (Wildman–Crippen LogP) is 5.16. The minimum absolute atomic E-state index is 0.00614. The van der Waals surface area contributed by atoms with Gasteiger partial charge in [-0.3, -0.25) is 9.59 Å². The van der Waals surface area contributed by atoms with Crippen LogP contribution in [-0.4, -0.2) is 44.3 Å². The molecule has 0 aromatic heterocycles. The van der Waals surface area contributed by atoms with Crippen LogP contribution in [0.1, 0.15) is 41.5 Å². The van der Waals surface area contributed by atoms with Gasteiger partial charge in [0.2, 0.25) is 21.8 Å². The first kappa shape index (κ1) is 32.8. The first-order valence-electron chi connectivity index (χ1n) is 15.3. The fourth-order valence-corrected chi connectivity index (χ4v) is 6.41. The van der Waals surface area contributed by atoms with Crippen molar-refractivity contribution < 1.29 is 27.1 Å². The monoisotopic (exact) mass is 643 g/mol. The number of ether oxygens (including phenoxy) is 1. The van der Waals surface area contributed by atoms with E-state index in [9.17, 15) is 22.4 Å². The standard InChI is InChI=1S/C36H38FN3O5S/c1-45-32-18-9-28(10-19-32)24-38-36(42)34(23-27-5-3-2-4-6-27)40(25-29-7-14-30(37)15-8-29)35(41)22-13-26-11-20-33(21-12-26)46(43,44)39-31-16-17-31/h2-12,14-15,18-21,31,34,39H,13,16-17,22-25H2,1H3,(H,38,42). The Morgan fingerprint density at radius 1 is 0.848 bits per heavy atom. The summed E-state index contributed by atoms with van der Waals surface area (Å²) in [4.78, 5) is 29.6. The van der Waals surface area contributed by atoms with E-state index in [4.69, 9.17) is 4.74 Å². The number of benzene rings is 4. The quantitative estimate of drug-likeness (QED) is 0.186. The number of amides is 2. The molecule has 0 radical (unpaired) electrons. The summed E-state index contributed by atoms with van der Waals surface area (Å²) in [5.74, 6) is -0.249. The van der Waals surface area contributed by atoms with Gasteiger partial charge in [0, 0.05) is 32.0 Å². The molecule has 0 bridgehead atoms. The van der Waals surface area contributed by atoms with Gasteiger partial charge in [-0.25, -0.2) is 17.5 Å². The molecular formula is C36H38FN3O5S. The van der Waals surface area contributed by atoms with Crippen LogP contribution in [0.15, 0.2) is 108 Å². The second kappa shape index (κ2) is 15.2. The molecule has 10 heteroatoms. The summed E-state index contributed by atoms with van der Waals surface area (Å²) in [7, 11) is -1.99. The second-order valence-corrected chi connectivity index (χ2v) is 13.2. The molecule has 4 aromatic rings. The summed E-state index contributed by atoms with van der Waals surface area (Å²) in [5.41, 5.74) is 3.25. The fraction of sp³-hybridized carbons (Fsp3) is 0.278. The van der Waals surface area contributed by atoms with Crippen molar-refractivity contribution in [2.24, 2.45) is 0 Å². The highest BCUT2D eigenvalue weighted by molar-refractivity contribution is 7.89. The molecule has 1 atom stereocenters. The Kier molecular flexibility index (Phi) is 10.8. The van der Waals surface area contributed by atoms with Crippen molar-refractivity contribution >= 4 is 21.8 Å². The van der Waals surface area contributed by atoms with E-state index in [0.717, 1.165) is 29.5 Å². The maximum atomic E-state index is 14.0. The average molecular weight is 644 g/mol. The summed E-state index contributed by atoms with van der Waals surface area (Å²) in [6, 6.07) is 28.4. The van der Waals surface area contributed by atoms with Crippen LogP contribution in [0.2, 0.25) is 0 Å². The third-order valence-electron chi connectivity index (χ3n) is 7.92. The summed E-state index contributed by atoms with van der Waals surface area (Å²) >= 11 is 0. The molecule has 4 aromatic carbocycles. The van der Waals surface area contributed by atoms with Crippen LogP contribution in [0, 0.1) is 5.82 Å². The summed E-state index contributed by atoms with van der Waals surface area (Å²) < 4.78 is 46.8. The van der Waals surface area contributed by atoms with Crippen molar-refractivity contribution in [3.05, 3.63) is 131 Å². The molecule has 8 nitrogen and oxygen atoms in total. The van der Waals surface area contributed by atoms with Gasteiger partial charge in [-0.1, -0.05) is 66.7 Å². The number of aryl methyl sites for hydroxylation is 1. The summed E-state index contributed by atoms with van der Waals surface area (Å²) in [6.07, 6.45) is 2.41. The molecule has 1 saturated carbocycles. The highest BCUT2D eigenvalue weighted by Crippen LogP contribution is 2.23. The van der Waals surface area contributed by atoms with Crippen molar-refractivity contribution in [2.45, 2.75) is 62.2 Å². The number of halogens is 1. The predicted molar refractivity (Wildman–Crippen MR) is 174 cm³/mol. The Hall–Kier alpha value is -4.54. The van der Waals surface area contributed by atoms with E-state index in [-0.39, 0.29) is 48.7 Å². The maximum Gasteiger partial charge on any atom is 0.243 e. The lowest BCUT2D eigenvalue weighted by molar-refractivity contribution is -0.141. The molecule has 46 heavy (non-hydrogen) atoms. The number of rotatable bonds is 15. The number of sulfonamides is 1. The van der Waals surface area contributed by atoms with E-state index in [1.807, 2.05) is 54.6 Å². The number of carbonyl (C=O) groups is 2. The third kappa shape index (κ3) is 9.24. The van der Waals surface area contributed by atoms with E-state index in [1.54, 1.807) is 48.4 Å². The van der Waals surface area contributed by atoms with Gasteiger partial charge in [0.25, 0.3) is 0 Å². The van der Waals surface area contributed by atoms with Crippen molar-refractivity contribution in [3.8, 4) is 5.75 Å². The highest BCUT2D eigenvalue weighted by atomic mass is 32.2. The molecule has 1 aliphatic carbocycles. The summed E-state index contributed by atoms with van der Waals surface area (Å²) in [5, 5.41) is 3.00. The normalized spacial score (nSPS) is 13.5. The van der Waals surface area contributed by atoms with Crippen LogP contribution in [0.5, 0.6) is 5.75 Å². The molecule has 0 saturated heterocycles. The fourth-order valence-electron chi connectivity index (χ4n) is 5.11. The largest absolute Gasteiger partial charge is 0.497 e. The zero-order valence-corrected chi connectivity index (χ0v) is 26.5. The lowest BCUT2D eigenvalue weighted by Gasteiger charge is -2.32. The van der Waals surface area contributed by atoms with Gasteiger partial charge < -0.3 is 15.0 Å². The number of methoxy groups -OCH3 is 1. The van der Waals surface area contributed by atoms with E-state index < -0.39 is 21.9 Å². The van der Waals surface area contributed by atoms with Crippen LogP contribution in [0.25, 0.3) is 0 Å². The zero-order chi connectivity index (χ0) is 32.5. The number of carbonyl (C=O) groups excluding carboxylic acids is 2. The van der Waals surface area contributed by atoms with Crippen molar-refractivity contribution in [3.63, 3.8) is 0 Å². The molecule has 0 spiro atoms. The van der Waals surface area contributed by atoms with Crippen LogP contribution < -0.4 is 14.8 Å². The van der Waals surface area contributed by atoms with Crippen LogP contribution in [0.3, 0.4) is 0 Å². The lowest BCUT2D eigenvalue weighted by atomic mass is 10.0. The van der Waals surface area contributed by atoms with Gasteiger partial charge in [-0.15, -0.1) is 0 Å². The minimum atomic E-state index is -3.58. The topological polar surface area (TPSA) is 105 Å². The van der Waals surface area contributed by atoms with Gasteiger partial charge >= 0.3 is 0 Å². The number of hydrogen-bond acceptors (Lipinski definition) is 5. The molecule has 0 aliphatic heterocycles. The van der Waals surface area contributed by atoms with E-state index in [0.29, 0.717) is 17.7 Å². The molecule has 1 fully saturated rings. The molecular weight excluding hydrogens is 605 g/mol. The van der Waals surface area contributed by atoms with Crippen LogP contribution in [0.4, 0.5) is 4.39 Å². The van der Waals surface area contributed by atoms with Gasteiger partial charge in [-0.2, -0.15) is 0 Å². The molecule has 2 amide bonds. The third-order valence-corrected chi connectivity index (χ3v) is 9.46. The first-order valence-corrected chi connectivity index (χ1v) is 16.8. The number of nitrogens with one attached hydrogen (secondary N) is 2. The number of hydrogen-bond donors (Lipinski definition) is 2. The highest BCUT2D eigenvalue weighted by Gasteiger charge is 2.31. The summed E-state index contributed by atoms with van der Waals surface area (Å²) in [6.45, 7) is 0.369. The van der Waals surface area contributed by atoms with E-state index >= 15 is 0 Å². The average Bonchev–Trinajstić information content (AvgIpc) is 3.89. The van der Waals surface area contributed by atoms with Crippen molar-refractivity contribution in [1.29, 1.82) is 0 Å².